The Morgan fingerprint density at radius 2 is 1.83 bits per heavy atom. The van der Waals surface area contributed by atoms with Crippen LogP contribution in [0, 0.1) is 5.92 Å². The summed E-state index contributed by atoms with van der Waals surface area (Å²) in [6, 6.07) is 7.18. The number of piperazine rings is 1. The van der Waals surface area contributed by atoms with E-state index in [1.807, 2.05) is 23.2 Å². The summed E-state index contributed by atoms with van der Waals surface area (Å²) >= 11 is 0. The number of aromatic nitrogens is 2. The molecule has 150 valence electrons. The Morgan fingerprint density at radius 3 is 2.55 bits per heavy atom. The summed E-state index contributed by atoms with van der Waals surface area (Å²) in [5.74, 6) is 1.66. The Bertz CT molecular complexity index is 1090. The molecular formula is C21H24N6O2. The number of benzene rings is 1. The van der Waals surface area contributed by atoms with Crippen LogP contribution in [0.5, 0.6) is 0 Å². The molecule has 5 rings (SSSR count). The van der Waals surface area contributed by atoms with Crippen LogP contribution < -0.4 is 16.4 Å². The molecule has 0 radical (unpaired) electrons. The van der Waals surface area contributed by atoms with E-state index >= 15 is 0 Å². The number of fused-ring (bicyclic) bond motifs is 1. The highest BCUT2D eigenvalue weighted by Gasteiger charge is 2.32. The predicted octanol–water partition coefficient (Wildman–Crippen LogP) is 0.934. The molecule has 1 saturated carbocycles. The molecule has 3 heterocycles. The maximum Gasteiger partial charge on any atom is 0.275 e. The molecule has 8 nitrogen and oxygen atoms in total. The summed E-state index contributed by atoms with van der Waals surface area (Å²) in [5.41, 5.74) is 7.88. The molecule has 1 aromatic heterocycles. The number of carbonyl (C=O) groups is 1. The van der Waals surface area contributed by atoms with Gasteiger partial charge in [0.15, 0.2) is 5.69 Å². The van der Waals surface area contributed by atoms with Gasteiger partial charge >= 0.3 is 0 Å². The zero-order valence-electron chi connectivity index (χ0n) is 16.4. The second-order valence-corrected chi connectivity index (χ2v) is 7.78. The van der Waals surface area contributed by atoms with Gasteiger partial charge in [0, 0.05) is 44.8 Å². The number of carbonyl (C=O) groups excluding carboxylic acids is 1. The lowest BCUT2D eigenvalue weighted by atomic mass is 10.1. The van der Waals surface area contributed by atoms with Crippen LogP contribution in [-0.4, -0.2) is 51.7 Å². The van der Waals surface area contributed by atoms with Gasteiger partial charge in [0.25, 0.3) is 11.5 Å². The van der Waals surface area contributed by atoms with Gasteiger partial charge < -0.3 is 15.2 Å². The minimum atomic E-state index is -0.189. The van der Waals surface area contributed by atoms with Crippen LogP contribution in [-0.2, 0) is 7.05 Å². The van der Waals surface area contributed by atoms with Crippen LogP contribution in [0.15, 0.2) is 52.7 Å². The summed E-state index contributed by atoms with van der Waals surface area (Å²) in [5, 5.41) is 5.43. The van der Waals surface area contributed by atoms with Gasteiger partial charge in [0.2, 0.25) is 0 Å². The number of hydrogen-bond donors (Lipinski definition) is 2. The normalized spacial score (nSPS) is 19.3. The highest BCUT2D eigenvalue weighted by atomic mass is 16.2. The number of hydrogen-bond acceptors (Lipinski definition) is 6. The van der Waals surface area contributed by atoms with E-state index in [-0.39, 0.29) is 11.5 Å². The van der Waals surface area contributed by atoms with Crippen molar-refractivity contribution in [3.05, 3.63) is 64.0 Å². The first-order valence-corrected chi connectivity index (χ1v) is 10.1. The average Bonchev–Trinajstić information content (AvgIpc) is 3.61. The minimum absolute atomic E-state index is 0.123. The molecule has 2 fully saturated rings. The average molecular weight is 392 g/mol. The monoisotopic (exact) mass is 392 g/mol. The molecule has 0 atom stereocenters. The number of amides is 1. The topological polar surface area (TPSA) is 82.5 Å². The Kier molecular flexibility index (Phi) is 4.26. The van der Waals surface area contributed by atoms with Gasteiger partial charge in [0.1, 0.15) is 5.82 Å². The van der Waals surface area contributed by atoms with Crippen molar-refractivity contribution >= 4 is 16.7 Å². The second kappa shape index (κ2) is 6.95. The van der Waals surface area contributed by atoms with E-state index in [4.69, 9.17) is 0 Å². The third-order valence-electron chi connectivity index (χ3n) is 5.87. The van der Waals surface area contributed by atoms with Gasteiger partial charge in [0.05, 0.1) is 5.39 Å². The van der Waals surface area contributed by atoms with Crippen molar-refractivity contribution in [3.8, 4) is 0 Å². The van der Waals surface area contributed by atoms with Crippen molar-refractivity contribution in [1.82, 2.24) is 30.4 Å². The maximum absolute atomic E-state index is 13.2. The number of nitrogens with one attached hydrogen (secondary N) is 2. The first kappa shape index (κ1) is 17.8. The Labute approximate surface area is 168 Å². The molecule has 2 aliphatic heterocycles. The van der Waals surface area contributed by atoms with E-state index in [0.717, 1.165) is 18.9 Å². The fourth-order valence-electron chi connectivity index (χ4n) is 4.12. The number of nitrogens with zero attached hydrogens (tertiary/aromatic N) is 4. The summed E-state index contributed by atoms with van der Waals surface area (Å²) in [4.78, 5) is 29.7. The van der Waals surface area contributed by atoms with Gasteiger partial charge in [-0.15, -0.1) is 0 Å². The van der Waals surface area contributed by atoms with E-state index in [9.17, 15) is 9.59 Å². The summed E-state index contributed by atoms with van der Waals surface area (Å²) in [6.45, 7) is 2.74. The summed E-state index contributed by atoms with van der Waals surface area (Å²) in [7, 11) is 1.59. The molecule has 2 aromatic rings. The van der Waals surface area contributed by atoms with Crippen molar-refractivity contribution < 1.29 is 4.79 Å². The van der Waals surface area contributed by atoms with Crippen LogP contribution in [0.3, 0.4) is 0 Å². The van der Waals surface area contributed by atoms with Crippen molar-refractivity contribution in [3.63, 3.8) is 0 Å². The third kappa shape index (κ3) is 3.14. The molecule has 29 heavy (non-hydrogen) atoms. The highest BCUT2D eigenvalue weighted by Crippen LogP contribution is 2.39. The number of hydrazine groups is 1. The lowest BCUT2D eigenvalue weighted by molar-refractivity contribution is 0.0654. The van der Waals surface area contributed by atoms with Gasteiger partial charge in [-0.05, 0) is 36.5 Å². The van der Waals surface area contributed by atoms with Gasteiger partial charge in [-0.3, -0.25) is 15.0 Å². The third-order valence-corrected chi connectivity index (χ3v) is 5.87. The predicted molar refractivity (Wildman–Crippen MR) is 110 cm³/mol. The van der Waals surface area contributed by atoms with Gasteiger partial charge in [-0.2, -0.15) is 5.10 Å². The second-order valence-electron chi connectivity index (χ2n) is 7.78. The summed E-state index contributed by atoms with van der Waals surface area (Å²) < 4.78 is 1.25. The Morgan fingerprint density at radius 1 is 1.10 bits per heavy atom. The number of rotatable bonds is 3. The zero-order chi connectivity index (χ0) is 20.0. The Balaban J connectivity index is 1.37. The lowest BCUT2D eigenvalue weighted by Gasteiger charge is -2.39. The molecule has 0 unspecified atom stereocenters. The quantitative estimate of drug-likeness (QED) is 0.809. The van der Waals surface area contributed by atoms with E-state index in [1.54, 1.807) is 19.2 Å². The number of aryl methyl sites for hydroxylation is 1. The number of allylic oxidation sites excluding steroid dienone is 2. The van der Waals surface area contributed by atoms with Crippen molar-refractivity contribution in [2.45, 2.75) is 12.8 Å². The molecule has 1 aromatic carbocycles. The van der Waals surface area contributed by atoms with Gasteiger partial charge in [-0.1, -0.05) is 18.2 Å². The first-order valence-electron chi connectivity index (χ1n) is 10.1. The molecular weight excluding hydrogens is 368 g/mol. The van der Waals surface area contributed by atoms with Crippen LogP contribution in [0.4, 0.5) is 0 Å². The van der Waals surface area contributed by atoms with Crippen molar-refractivity contribution in [2.24, 2.45) is 13.0 Å². The van der Waals surface area contributed by atoms with E-state index in [0.29, 0.717) is 35.5 Å². The Hall–Kier alpha value is -3.29. The molecule has 1 aliphatic carbocycles. The van der Waals surface area contributed by atoms with Crippen LogP contribution in [0.1, 0.15) is 23.3 Å². The first-order chi connectivity index (χ1) is 14.1. The maximum atomic E-state index is 13.2. The summed E-state index contributed by atoms with van der Waals surface area (Å²) in [6.07, 6.45) is 6.58. The smallest absolute Gasteiger partial charge is 0.275 e. The zero-order valence-corrected chi connectivity index (χ0v) is 16.4. The molecule has 3 aliphatic rings. The highest BCUT2D eigenvalue weighted by molar-refractivity contribution is 6.04. The SMILES string of the molecule is Cn1nc(C(=O)N2CCN(C3=C(C4CC4)C=CNN3)CC2)c2ccccc2c1=O. The van der Waals surface area contributed by atoms with Crippen molar-refractivity contribution in [2.75, 3.05) is 26.2 Å². The lowest BCUT2D eigenvalue weighted by Crippen LogP contribution is -2.52. The molecule has 2 N–H and O–H groups in total. The van der Waals surface area contributed by atoms with E-state index in [2.05, 4.69) is 26.9 Å². The minimum Gasteiger partial charge on any atom is -0.353 e. The fraction of sp³-hybridized carbons (Fsp3) is 0.381. The molecule has 0 bridgehead atoms. The van der Waals surface area contributed by atoms with Gasteiger partial charge in [-0.25, -0.2) is 4.68 Å². The largest absolute Gasteiger partial charge is 0.353 e. The molecule has 1 amide bonds. The molecule has 8 heteroatoms. The van der Waals surface area contributed by atoms with Crippen LogP contribution in [0.25, 0.3) is 10.8 Å². The van der Waals surface area contributed by atoms with Crippen LogP contribution >= 0.6 is 0 Å². The van der Waals surface area contributed by atoms with E-state index in [1.165, 1.54) is 23.1 Å². The molecule has 0 spiro atoms. The standard InChI is InChI=1S/C21H24N6O2/c1-25-20(28)17-5-3-2-4-16(17)18(24-25)21(29)27-12-10-26(11-13-27)19-15(14-6-7-14)8-9-22-23-19/h2-5,8-9,14,22-23H,6-7,10-13H2,1H3. The molecule has 1 saturated heterocycles. The van der Waals surface area contributed by atoms with E-state index < -0.39 is 0 Å². The van der Waals surface area contributed by atoms with Crippen LogP contribution in [0.2, 0.25) is 0 Å². The van der Waals surface area contributed by atoms with Crippen molar-refractivity contribution in [1.29, 1.82) is 0 Å². The fourth-order valence-corrected chi connectivity index (χ4v) is 4.12.